The molecule has 3 heterocycles. The maximum Gasteiger partial charge on any atom is 0.156 e. The van der Waals surface area contributed by atoms with Crippen LogP contribution in [-0.4, -0.2) is 9.97 Å². The monoisotopic (exact) mass is 593 g/mol. The van der Waals surface area contributed by atoms with Gasteiger partial charge in [0.15, 0.2) is 11.6 Å². The summed E-state index contributed by atoms with van der Waals surface area (Å²) >= 11 is 3.61. The Bertz CT molecular complexity index is 1990. The Balaban J connectivity index is 1.33. The molecule has 0 saturated heterocycles. The molecule has 8 rings (SSSR count). The zero-order chi connectivity index (χ0) is 29.0. The number of hydrogen-bond donors (Lipinski definition) is 0. The van der Waals surface area contributed by atoms with E-state index >= 15 is 0 Å². The van der Waals surface area contributed by atoms with E-state index in [2.05, 4.69) is 110 Å². The molecule has 0 amide bonds. The van der Waals surface area contributed by atoms with Crippen molar-refractivity contribution in [2.45, 2.75) is 38.8 Å². The van der Waals surface area contributed by atoms with Crippen LogP contribution in [0.2, 0.25) is 0 Å². The Labute approximate surface area is 259 Å². The first kappa shape index (κ1) is 26.1. The SMILES string of the molecule is CC1(C)c2ccccc2Oc2c(N(c3cnc(-c4ccccc4)cn3)c3cccc4c3Sc3ccccc3S4)cccc21. The lowest BCUT2D eigenvalue weighted by Gasteiger charge is -2.37. The quantitative estimate of drug-likeness (QED) is 0.202. The summed E-state index contributed by atoms with van der Waals surface area (Å²) in [6, 6.07) is 40.0. The number of nitrogens with zero attached hydrogens (tertiary/aromatic N) is 3. The minimum Gasteiger partial charge on any atom is -0.455 e. The molecule has 4 nitrogen and oxygen atoms in total. The number of benzene rings is 5. The maximum absolute atomic E-state index is 6.76. The van der Waals surface area contributed by atoms with Gasteiger partial charge in [0.1, 0.15) is 5.75 Å². The van der Waals surface area contributed by atoms with Gasteiger partial charge in [0.25, 0.3) is 0 Å². The van der Waals surface area contributed by atoms with Crippen molar-refractivity contribution in [1.82, 2.24) is 9.97 Å². The van der Waals surface area contributed by atoms with Gasteiger partial charge >= 0.3 is 0 Å². The molecule has 208 valence electrons. The van der Waals surface area contributed by atoms with E-state index in [1.165, 1.54) is 25.1 Å². The highest BCUT2D eigenvalue weighted by Gasteiger charge is 2.37. The van der Waals surface area contributed by atoms with E-state index in [0.29, 0.717) is 0 Å². The molecule has 2 aliphatic rings. The van der Waals surface area contributed by atoms with Crippen LogP contribution in [0, 0.1) is 0 Å². The Morgan fingerprint density at radius 3 is 2.09 bits per heavy atom. The van der Waals surface area contributed by atoms with Crippen molar-refractivity contribution in [2.75, 3.05) is 4.90 Å². The molecule has 0 radical (unpaired) electrons. The van der Waals surface area contributed by atoms with Gasteiger partial charge in [0, 0.05) is 36.8 Å². The fourth-order valence-electron chi connectivity index (χ4n) is 5.91. The first-order chi connectivity index (χ1) is 21.1. The highest BCUT2D eigenvalue weighted by atomic mass is 32.2. The molecule has 0 atom stereocenters. The van der Waals surface area contributed by atoms with E-state index in [1.807, 2.05) is 48.4 Å². The van der Waals surface area contributed by atoms with Crippen LogP contribution in [0.25, 0.3) is 11.3 Å². The highest BCUT2D eigenvalue weighted by molar-refractivity contribution is 8.05. The fourth-order valence-corrected chi connectivity index (χ4v) is 8.27. The molecular formula is C37H27N3OS2. The second-order valence-electron chi connectivity index (χ2n) is 11.1. The Morgan fingerprint density at radius 2 is 1.28 bits per heavy atom. The van der Waals surface area contributed by atoms with E-state index in [1.54, 1.807) is 11.8 Å². The van der Waals surface area contributed by atoms with Gasteiger partial charge < -0.3 is 4.74 Å². The van der Waals surface area contributed by atoms with E-state index in [4.69, 9.17) is 14.7 Å². The lowest BCUT2D eigenvalue weighted by molar-refractivity contribution is 0.419. The highest BCUT2D eigenvalue weighted by Crippen LogP contribution is 2.57. The largest absolute Gasteiger partial charge is 0.455 e. The first-order valence-electron chi connectivity index (χ1n) is 14.2. The third kappa shape index (κ3) is 4.41. The molecule has 1 aromatic heterocycles. The van der Waals surface area contributed by atoms with Gasteiger partial charge in [-0.15, -0.1) is 0 Å². The van der Waals surface area contributed by atoms with Crippen LogP contribution in [0.4, 0.5) is 17.2 Å². The van der Waals surface area contributed by atoms with Crippen LogP contribution in [0.1, 0.15) is 25.0 Å². The second kappa shape index (κ2) is 10.3. The average Bonchev–Trinajstić information content (AvgIpc) is 3.05. The lowest BCUT2D eigenvalue weighted by Crippen LogP contribution is -2.25. The minimum absolute atomic E-state index is 0.242. The van der Waals surface area contributed by atoms with Crippen LogP contribution < -0.4 is 9.64 Å². The third-order valence-corrected chi connectivity index (χ3v) is 10.7. The normalized spacial score (nSPS) is 14.0. The molecular weight excluding hydrogens is 567 g/mol. The number of hydrogen-bond acceptors (Lipinski definition) is 6. The Kier molecular flexibility index (Phi) is 6.28. The van der Waals surface area contributed by atoms with Gasteiger partial charge in [-0.2, -0.15) is 0 Å². The zero-order valence-electron chi connectivity index (χ0n) is 23.7. The van der Waals surface area contributed by atoms with Crippen molar-refractivity contribution >= 4 is 40.7 Å². The van der Waals surface area contributed by atoms with E-state index in [9.17, 15) is 0 Å². The summed E-state index contributed by atoms with van der Waals surface area (Å²) in [4.78, 5) is 17.1. The molecule has 0 spiro atoms. The predicted molar refractivity (Wildman–Crippen MR) is 175 cm³/mol. The summed E-state index contributed by atoms with van der Waals surface area (Å²) in [7, 11) is 0. The smallest absolute Gasteiger partial charge is 0.156 e. The number of ether oxygens (including phenoxy) is 1. The number of rotatable bonds is 4. The van der Waals surface area contributed by atoms with Gasteiger partial charge in [-0.05, 0) is 36.4 Å². The van der Waals surface area contributed by atoms with Crippen molar-refractivity contribution in [3.05, 3.63) is 139 Å². The van der Waals surface area contributed by atoms with Crippen molar-refractivity contribution in [2.24, 2.45) is 0 Å². The molecule has 5 aromatic carbocycles. The molecule has 43 heavy (non-hydrogen) atoms. The van der Waals surface area contributed by atoms with Crippen LogP contribution in [0.3, 0.4) is 0 Å². The molecule has 0 aliphatic carbocycles. The summed E-state index contributed by atoms with van der Waals surface area (Å²) in [6.07, 6.45) is 3.73. The summed E-state index contributed by atoms with van der Waals surface area (Å²) in [5, 5.41) is 0. The first-order valence-corrected chi connectivity index (χ1v) is 15.9. The minimum atomic E-state index is -0.242. The van der Waals surface area contributed by atoms with E-state index in [-0.39, 0.29) is 5.41 Å². The van der Waals surface area contributed by atoms with Crippen molar-refractivity contribution in [3.8, 4) is 22.8 Å². The fraction of sp³-hybridized carbons (Fsp3) is 0.0811. The van der Waals surface area contributed by atoms with Crippen molar-refractivity contribution in [1.29, 1.82) is 0 Å². The van der Waals surface area contributed by atoms with Crippen LogP contribution in [0.5, 0.6) is 11.5 Å². The summed E-state index contributed by atoms with van der Waals surface area (Å²) in [5.41, 5.74) is 5.92. The molecule has 0 bridgehead atoms. The standard InChI is InChI=1S/C37H27N3OS2/c1-37(2)25-14-6-7-18-30(25)41-35-26(37)15-10-16-28(35)40(34-23-38-27(22-39-34)24-12-4-3-5-13-24)29-17-11-21-33-36(29)43-32-20-9-8-19-31(32)42-33/h3-23H,1-2H3. The van der Waals surface area contributed by atoms with Crippen molar-refractivity contribution in [3.63, 3.8) is 0 Å². The predicted octanol–water partition coefficient (Wildman–Crippen LogP) is 10.7. The van der Waals surface area contributed by atoms with Crippen LogP contribution in [-0.2, 0) is 5.41 Å². The van der Waals surface area contributed by atoms with Gasteiger partial charge in [-0.3, -0.25) is 9.88 Å². The molecule has 6 heteroatoms. The van der Waals surface area contributed by atoms with Gasteiger partial charge in [0.05, 0.1) is 34.4 Å². The topological polar surface area (TPSA) is 38.2 Å². The van der Waals surface area contributed by atoms with Gasteiger partial charge in [0.2, 0.25) is 0 Å². The number of anilines is 3. The van der Waals surface area contributed by atoms with Crippen LogP contribution in [0.15, 0.2) is 147 Å². The number of fused-ring (bicyclic) bond motifs is 4. The molecule has 2 aliphatic heterocycles. The Morgan fingerprint density at radius 1 is 0.605 bits per heavy atom. The lowest BCUT2D eigenvalue weighted by atomic mass is 9.75. The molecule has 0 fully saturated rings. The van der Waals surface area contributed by atoms with Crippen LogP contribution >= 0.6 is 23.5 Å². The molecule has 0 N–H and O–H groups in total. The van der Waals surface area contributed by atoms with Crippen molar-refractivity contribution < 1.29 is 4.74 Å². The zero-order valence-corrected chi connectivity index (χ0v) is 25.3. The molecule has 6 aromatic rings. The summed E-state index contributed by atoms with van der Waals surface area (Å²) in [5.74, 6) is 2.45. The Hall–Kier alpha value is -4.52. The molecule has 0 saturated carbocycles. The van der Waals surface area contributed by atoms with E-state index in [0.717, 1.165) is 45.5 Å². The number of aromatic nitrogens is 2. The third-order valence-electron chi connectivity index (χ3n) is 8.10. The number of para-hydroxylation sites is 2. The summed E-state index contributed by atoms with van der Waals surface area (Å²) < 4.78 is 6.76. The second-order valence-corrected chi connectivity index (χ2v) is 13.2. The summed E-state index contributed by atoms with van der Waals surface area (Å²) in [6.45, 7) is 4.53. The van der Waals surface area contributed by atoms with E-state index < -0.39 is 0 Å². The van der Waals surface area contributed by atoms with Gasteiger partial charge in [-0.25, -0.2) is 4.98 Å². The average molecular weight is 594 g/mol. The van der Waals surface area contributed by atoms with Gasteiger partial charge in [-0.1, -0.05) is 116 Å². The maximum atomic E-state index is 6.76. The molecule has 0 unspecified atom stereocenters.